The van der Waals surface area contributed by atoms with Crippen LogP contribution in [0.15, 0.2) is 65.5 Å². The van der Waals surface area contributed by atoms with Crippen LogP contribution in [0.3, 0.4) is 0 Å². The second-order valence-electron chi connectivity index (χ2n) is 9.70. The zero-order valence-corrected chi connectivity index (χ0v) is 20.4. The molecule has 2 fully saturated rings. The van der Waals surface area contributed by atoms with E-state index in [4.69, 9.17) is 4.98 Å². The molecule has 8 nitrogen and oxygen atoms in total. The Bertz CT molecular complexity index is 1390. The van der Waals surface area contributed by atoms with Crippen LogP contribution in [0.1, 0.15) is 42.9 Å². The largest absolute Gasteiger partial charge is 0.369 e. The van der Waals surface area contributed by atoms with Gasteiger partial charge < -0.3 is 15.5 Å². The number of piperazine rings is 1. The van der Waals surface area contributed by atoms with Gasteiger partial charge >= 0.3 is 0 Å². The minimum atomic E-state index is 0.0325. The van der Waals surface area contributed by atoms with Crippen LogP contribution in [0.2, 0.25) is 0 Å². The Labute approximate surface area is 210 Å². The number of aromatic nitrogens is 4. The van der Waals surface area contributed by atoms with Gasteiger partial charge in [-0.25, -0.2) is 0 Å². The number of fused-ring (bicyclic) bond motifs is 1. The van der Waals surface area contributed by atoms with Crippen LogP contribution < -0.4 is 21.1 Å². The molecule has 0 bridgehead atoms. The van der Waals surface area contributed by atoms with Gasteiger partial charge in [0.2, 0.25) is 5.95 Å². The Balaban J connectivity index is 1.32. The van der Waals surface area contributed by atoms with Gasteiger partial charge in [-0.1, -0.05) is 43.2 Å². The lowest BCUT2D eigenvalue weighted by molar-refractivity contribution is 0.512. The van der Waals surface area contributed by atoms with Crippen molar-refractivity contribution in [2.45, 2.75) is 38.1 Å². The fourth-order valence-electron chi connectivity index (χ4n) is 5.38. The first kappa shape index (κ1) is 22.7. The van der Waals surface area contributed by atoms with Crippen LogP contribution in [0.4, 0.5) is 17.3 Å². The Morgan fingerprint density at radius 1 is 0.944 bits per heavy atom. The van der Waals surface area contributed by atoms with Crippen LogP contribution in [0.25, 0.3) is 11.2 Å². The summed E-state index contributed by atoms with van der Waals surface area (Å²) in [4.78, 5) is 20.8. The van der Waals surface area contributed by atoms with Gasteiger partial charge in [0, 0.05) is 55.6 Å². The van der Waals surface area contributed by atoms with Crippen LogP contribution in [-0.2, 0) is 6.42 Å². The fourth-order valence-corrected chi connectivity index (χ4v) is 5.38. The van der Waals surface area contributed by atoms with E-state index in [0.29, 0.717) is 23.5 Å². The monoisotopic (exact) mass is 481 g/mol. The maximum Gasteiger partial charge on any atom is 0.256 e. The van der Waals surface area contributed by atoms with Gasteiger partial charge in [-0.3, -0.25) is 9.36 Å². The lowest BCUT2D eigenvalue weighted by Gasteiger charge is -2.29. The van der Waals surface area contributed by atoms with Crippen molar-refractivity contribution < 1.29 is 0 Å². The Hall–Kier alpha value is -3.78. The van der Waals surface area contributed by atoms with Gasteiger partial charge in [0.15, 0.2) is 5.65 Å². The second kappa shape index (κ2) is 10.1. The van der Waals surface area contributed by atoms with Gasteiger partial charge in [-0.2, -0.15) is 4.98 Å². The smallest absolute Gasteiger partial charge is 0.256 e. The molecule has 1 saturated carbocycles. The van der Waals surface area contributed by atoms with Crippen molar-refractivity contribution in [3.63, 3.8) is 0 Å². The lowest BCUT2D eigenvalue weighted by atomic mass is 10.1. The maximum atomic E-state index is 13.7. The Morgan fingerprint density at radius 3 is 2.44 bits per heavy atom. The second-order valence-corrected chi connectivity index (χ2v) is 9.70. The molecule has 0 unspecified atom stereocenters. The molecule has 36 heavy (non-hydrogen) atoms. The molecule has 2 aromatic carbocycles. The summed E-state index contributed by atoms with van der Waals surface area (Å²) in [6.07, 6.45) is 4.81. The molecule has 6 rings (SSSR count). The molecule has 3 heterocycles. The highest BCUT2D eigenvalue weighted by molar-refractivity contribution is 5.72. The number of hydrogen-bond donors (Lipinski definition) is 2. The van der Waals surface area contributed by atoms with Crippen LogP contribution in [-0.4, -0.2) is 45.9 Å². The average molecular weight is 482 g/mol. The zero-order valence-electron chi connectivity index (χ0n) is 20.4. The van der Waals surface area contributed by atoms with E-state index in [1.807, 2.05) is 53.1 Å². The molecule has 0 amide bonds. The summed E-state index contributed by atoms with van der Waals surface area (Å²) in [5.41, 5.74) is 5.25. The summed E-state index contributed by atoms with van der Waals surface area (Å²) in [6.45, 7) is 4.03. The number of pyridine rings is 1. The number of benzene rings is 2. The molecular weight excluding hydrogens is 450 g/mol. The third-order valence-corrected chi connectivity index (χ3v) is 7.26. The molecular formula is C28H31N7O. The average Bonchev–Trinajstić information content (AvgIpc) is 3.45. The molecule has 0 radical (unpaired) electrons. The van der Waals surface area contributed by atoms with Gasteiger partial charge in [0.05, 0.1) is 0 Å². The quantitative estimate of drug-likeness (QED) is 0.430. The van der Waals surface area contributed by atoms with E-state index in [1.54, 1.807) is 0 Å². The van der Waals surface area contributed by atoms with Crippen molar-refractivity contribution in [1.29, 1.82) is 0 Å². The van der Waals surface area contributed by atoms with Gasteiger partial charge in [-0.05, 0) is 48.7 Å². The van der Waals surface area contributed by atoms with E-state index >= 15 is 0 Å². The predicted molar refractivity (Wildman–Crippen MR) is 143 cm³/mol. The minimum absolute atomic E-state index is 0.0325. The van der Waals surface area contributed by atoms with Crippen molar-refractivity contribution in [3.8, 4) is 0 Å². The molecule has 184 valence electrons. The number of rotatable bonds is 6. The number of nitrogens with one attached hydrogen (secondary N) is 2. The van der Waals surface area contributed by atoms with Crippen molar-refractivity contribution >= 4 is 28.5 Å². The van der Waals surface area contributed by atoms with Crippen LogP contribution in [0.5, 0.6) is 0 Å². The third-order valence-electron chi connectivity index (χ3n) is 7.26. The van der Waals surface area contributed by atoms with Crippen molar-refractivity contribution in [1.82, 2.24) is 25.1 Å². The Kier molecular flexibility index (Phi) is 6.34. The van der Waals surface area contributed by atoms with Gasteiger partial charge in [-0.15, -0.1) is 10.2 Å². The molecule has 2 aliphatic rings. The summed E-state index contributed by atoms with van der Waals surface area (Å²) in [5, 5.41) is 15.5. The summed E-state index contributed by atoms with van der Waals surface area (Å²) in [5.74, 6) is 0.402. The fraction of sp³-hybridized carbons (Fsp3) is 0.357. The predicted octanol–water partition coefficient (Wildman–Crippen LogP) is 4.05. The zero-order chi connectivity index (χ0) is 24.3. The third kappa shape index (κ3) is 4.68. The van der Waals surface area contributed by atoms with Gasteiger partial charge in [0.25, 0.3) is 5.56 Å². The molecule has 4 aromatic rings. The van der Waals surface area contributed by atoms with E-state index < -0.39 is 0 Å². The molecule has 1 saturated heterocycles. The highest BCUT2D eigenvalue weighted by Gasteiger charge is 2.23. The van der Waals surface area contributed by atoms with Gasteiger partial charge in [0.1, 0.15) is 5.52 Å². The normalized spacial score (nSPS) is 16.5. The molecule has 0 spiro atoms. The SMILES string of the molecule is O=c1c(Cc2ccccc2)cc2nnc(Nc3ccc(N4CCNCC4)cc3)nc2n1C1CCCC1. The Morgan fingerprint density at radius 2 is 1.69 bits per heavy atom. The highest BCUT2D eigenvalue weighted by atomic mass is 16.1. The number of anilines is 3. The molecule has 0 atom stereocenters. The molecule has 1 aliphatic heterocycles. The first-order valence-corrected chi connectivity index (χ1v) is 12.9. The van der Waals surface area contributed by atoms with Crippen molar-refractivity contribution in [2.75, 3.05) is 36.4 Å². The number of nitrogens with zero attached hydrogens (tertiary/aromatic N) is 5. The summed E-state index contributed by atoms with van der Waals surface area (Å²) >= 11 is 0. The maximum absolute atomic E-state index is 13.7. The van der Waals surface area contributed by atoms with E-state index in [1.165, 1.54) is 5.69 Å². The minimum Gasteiger partial charge on any atom is -0.369 e. The van der Waals surface area contributed by atoms with E-state index in [2.05, 4.69) is 37.9 Å². The van der Waals surface area contributed by atoms with E-state index in [9.17, 15) is 4.79 Å². The molecule has 2 aromatic heterocycles. The standard InChI is InChI=1S/C28H31N7O/c36-27-21(18-20-6-2-1-3-7-20)19-25-26(35(27)24-8-4-5-9-24)31-28(33-32-25)30-22-10-12-23(13-11-22)34-16-14-29-15-17-34/h1-3,6-7,10-13,19,24,29H,4-5,8-9,14-18H2,(H,30,31,33). The van der Waals surface area contributed by atoms with E-state index in [0.717, 1.165) is 68.7 Å². The van der Waals surface area contributed by atoms with E-state index in [-0.39, 0.29) is 11.6 Å². The van der Waals surface area contributed by atoms with Crippen molar-refractivity contribution in [2.24, 2.45) is 0 Å². The van der Waals surface area contributed by atoms with Crippen LogP contribution in [0, 0.1) is 0 Å². The highest BCUT2D eigenvalue weighted by Crippen LogP contribution is 2.31. The first-order chi connectivity index (χ1) is 17.7. The lowest BCUT2D eigenvalue weighted by Crippen LogP contribution is -2.43. The summed E-state index contributed by atoms with van der Waals surface area (Å²) in [7, 11) is 0. The van der Waals surface area contributed by atoms with Crippen LogP contribution >= 0.6 is 0 Å². The molecule has 1 aliphatic carbocycles. The molecule has 8 heteroatoms. The summed E-state index contributed by atoms with van der Waals surface area (Å²) in [6, 6.07) is 20.4. The summed E-state index contributed by atoms with van der Waals surface area (Å²) < 4.78 is 1.88. The van der Waals surface area contributed by atoms with Crippen molar-refractivity contribution in [3.05, 3.63) is 82.1 Å². The number of hydrogen-bond acceptors (Lipinski definition) is 7. The molecule has 2 N–H and O–H groups in total. The first-order valence-electron chi connectivity index (χ1n) is 12.9. The topological polar surface area (TPSA) is 88.0 Å².